The highest BCUT2D eigenvalue weighted by Crippen LogP contribution is 2.34. The molecule has 106 valence electrons. The number of ether oxygens (including phenoxy) is 1. The molecular formula is C13H9F4NO2. The van der Waals surface area contributed by atoms with Crippen molar-refractivity contribution in [2.45, 2.75) is 6.18 Å². The third-order valence-corrected chi connectivity index (χ3v) is 2.69. The molecule has 0 fully saturated rings. The molecule has 7 heteroatoms. The zero-order valence-corrected chi connectivity index (χ0v) is 10.2. The lowest BCUT2D eigenvalue weighted by Crippen LogP contribution is -2.08. The number of nitrogens with one attached hydrogen (secondary N) is 1. The molecule has 3 nitrogen and oxygen atoms in total. The number of carbonyl (C=O) groups excluding carboxylic acids is 1. The lowest BCUT2D eigenvalue weighted by Gasteiger charge is -2.09. The Morgan fingerprint density at radius 3 is 2.50 bits per heavy atom. The number of H-pyrrole nitrogens is 1. The summed E-state index contributed by atoms with van der Waals surface area (Å²) in [5.41, 5.74) is -0.780. The van der Waals surface area contributed by atoms with Crippen molar-refractivity contribution in [2.24, 2.45) is 0 Å². The van der Waals surface area contributed by atoms with Gasteiger partial charge >= 0.3 is 12.1 Å². The van der Waals surface area contributed by atoms with Gasteiger partial charge in [-0.15, -0.1) is 0 Å². The van der Waals surface area contributed by atoms with Crippen LogP contribution in [0.1, 0.15) is 16.1 Å². The Bertz CT molecular complexity index is 646. The Hall–Kier alpha value is -2.31. The molecule has 1 aromatic heterocycles. The van der Waals surface area contributed by atoms with Crippen molar-refractivity contribution in [2.75, 3.05) is 7.11 Å². The molecule has 0 atom stereocenters. The summed E-state index contributed by atoms with van der Waals surface area (Å²) in [7, 11) is 1.18. The van der Waals surface area contributed by atoms with E-state index in [0.717, 1.165) is 6.07 Å². The van der Waals surface area contributed by atoms with Gasteiger partial charge in [-0.25, -0.2) is 9.18 Å². The van der Waals surface area contributed by atoms with Gasteiger partial charge in [0, 0.05) is 11.8 Å². The summed E-state index contributed by atoms with van der Waals surface area (Å²) in [6.45, 7) is 0. The molecular weight excluding hydrogens is 278 g/mol. The molecule has 0 saturated heterocycles. The second-order valence-corrected chi connectivity index (χ2v) is 3.99. The number of aromatic nitrogens is 1. The molecule has 1 N–H and O–H groups in total. The van der Waals surface area contributed by atoms with Gasteiger partial charge in [0.05, 0.1) is 12.7 Å². The second kappa shape index (κ2) is 4.99. The molecule has 2 rings (SSSR count). The molecule has 0 aliphatic carbocycles. The van der Waals surface area contributed by atoms with Gasteiger partial charge in [0.2, 0.25) is 0 Å². The van der Waals surface area contributed by atoms with Crippen molar-refractivity contribution in [3.05, 3.63) is 47.5 Å². The molecule has 20 heavy (non-hydrogen) atoms. The summed E-state index contributed by atoms with van der Waals surface area (Å²) in [5.74, 6) is -1.99. The van der Waals surface area contributed by atoms with Gasteiger partial charge in [0.25, 0.3) is 0 Å². The number of methoxy groups -OCH3 is 1. The maximum absolute atomic E-state index is 13.2. The van der Waals surface area contributed by atoms with E-state index in [1.54, 1.807) is 0 Å². The molecule has 0 aliphatic rings. The number of benzene rings is 1. The Kier molecular flexibility index (Phi) is 3.52. The lowest BCUT2D eigenvalue weighted by molar-refractivity contribution is -0.139. The average molecular weight is 287 g/mol. The van der Waals surface area contributed by atoms with Gasteiger partial charge in [-0.1, -0.05) is 6.07 Å². The first kappa shape index (κ1) is 14.1. The summed E-state index contributed by atoms with van der Waals surface area (Å²) in [6, 6.07) is 3.97. The fraction of sp³-hybridized carbons (Fsp3) is 0.154. The van der Waals surface area contributed by atoms with Gasteiger partial charge in [-0.05, 0) is 23.8 Å². The zero-order chi connectivity index (χ0) is 14.9. The van der Waals surface area contributed by atoms with E-state index < -0.39 is 23.5 Å². The van der Waals surface area contributed by atoms with E-state index in [1.165, 1.54) is 25.4 Å². The van der Waals surface area contributed by atoms with E-state index in [2.05, 4.69) is 9.72 Å². The SMILES string of the molecule is COC(=O)c1cc(-c2ccc(F)c(C(F)(F)F)c2)c[nH]1. The van der Waals surface area contributed by atoms with Crippen LogP contribution in [-0.4, -0.2) is 18.1 Å². The van der Waals surface area contributed by atoms with Crippen LogP contribution < -0.4 is 0 Å². The topological polar surface area (TPSA) is 42.1 Å². The van der Waals surface area contributed by atoms with Gasteiger partial charge in [-0.2, -0.15) is 13.2 Å². The molecule has 0 spiro atoms. The van der Waals surface area contributed by atoms with Gasteiger partial charge in [0.1, 0.15) is 11.5 Å². The van der Waals surface area contributed by atoms with Gasteiger partial charge in [-0.3, -0.25) is 0 Å². The van der Waals surface area contributed by atoms with Crippen LogP contribution in [0.4, 0.5) is 17.6 Å². The van der Waals surface area contributed by atoms with Crippen LogP contribution in [0, 0.1) is 5.82 Å². The summed E-state index contributed by atoms with van der Waals surface area (Å²) in [6.07, 6.45) is -3.43. The molecule has 0 amide bonds. The van der Waals surface area contributed by atoms with Crippen molar-refractivity contribution in [1.29, 1.82) is 0 Å². The van der Waals surface area contributed by atoms with E-state index in [4.69, 9.17) is 0 Å². The van der Waals surface area contributed by atoms with E-state index in [-0.39, 0.29) is 11.3 Å². The number of hydrogen-bond donors (Lipinski definition) is 1. The van der Waals surface area contributed by atoms with Crippen LogP contribution in [-0.2, 0) is 10.9 Å². The molecule has 0 saturated carbocycles. The van der Waals surface area contributed by atoms with Crippen molar-refractivity contribution >= 4 is 5.97 Å². The maximum atomic E-state index is 13.2. The molecule has 0 aliphatic heterocycles. The first-order valence-corrected chi connectivity index (χ1v) is 5.47. The highest BCUT2D eigenvalue weighted by molar-refractivity contribution is 5.89. The van der Waals surface area contributed by atoms with Crippen LogP contribution in [0.2, 0.25) is 0 Å². The third-order valence-electron chi connectivity index (χ3n) is 2.69. The fourth-order valence-electron chi connectivity index (χ4n) is 1.71. The molecule has 0 bridgehead atoms. The Morgan fingerprint density at radius 2 is 1.90 bits per heavy atom. The lowest BCUT2D eigenvalue weighted by atomic mass is 10.0. The minimum atomic E-state index is -4.78. The number of alkyl halides is 3. The van der Waals surface area contributed by atoms with Crippen molar-refractivity contribution in [3.8, 4) is 11.1 Å². The summed E-state index contributed by atoms with van der Waals surface area (Å²) < 4.78 is 55.5. The van der Waals surface area contributed by atoms with E-state index in [9.17, 15) is 22.4 Å². The van der Waals surface area contributed by atoms with Crippen molar-refractivity contribution < 1.29 is 27.1 Å². The smallest absolute Gasteiger partial charge is 0.419 e. The summed E-state index contributed by atoms with van der Waals surface area (Å²) >= 11 is 0. The number of esters is 1. The van der Waals surface area contributed by atoms with Crippen molar-refractivity contribution in [1.82, 2.24) is 4.98 Å². The second-order valence-electron chi connectivity index (χ2n) is 3.99. The normalized spacial score (nSPS) is 11.4. The number of rotatable bonds is 2. The van der Waals surface area contributed by atoms with Gasteiger partial charge < -0.3 is 9.72 Å². The third kappa shape index (κ3) is 2.66. The minimum Gasteiger partial charge on any atom is -0.464 e. The first-order valence-electron chi connectivity index (χ1n) is 5.47. The molecule has 1 aromatic carbocycles. The minimum absolute atomic E-state index is 0.0976. The Labute approximate surface area is 111 Å². The Morgan fingerprint density at radius 1 is 1.20 bits per heavy atom. The standard InChI is InChI=1S/C13H9F4NO2/c1-20-12(19)11-5-8(6-18-11)7-2-3-10(14)9(4-7)13(15,16)17/h2-6,18H,1H3. The van der Waals surface area contributed by atoms with Crippen molar-refractivity contribution in [3.63, 3.8) is 0 Å². The van der Waals surface area contributed by atoms with E-state index in [1.807, 2.05) is 0 Å². The van der Waals surface area contributed by atoms with Crippen LogP contribution in [0.15, 0.2) is 30.5 Å². The summed E-state index contributed by atoms with van der Waals surface area (Å²) in [4.78, 5) is 13.8. The van der Waals surface area contributed by atoms with Crippen LogP contribution in [0.3, 0.4) is 0 Å². The zero-order valence-electron chi connectivity index (χ0n) is 10.2. The predicted octanol–water partition coefficient (Wildman–Crippen LogP) is 3.63. The quantitative estimate of drug-likeness (QED) is 0.677. The molecule has 2 aromatic rings. The average Bonchev–Trinajstić information content (AvgIpc) is 2.86. The monoisotopic (exact) mass is 287 g/mol. The van der Waals surface area contributed by atoms with Gasteiger partial charge in [0.15, 0.2) is 0 Å². The van der Waals surface area contributed by atoms with E-state index >= 15 is 0 Å². The Balaban J connectivity index is 2.44. The predicted molar refractivity (Wildman–Crippen MR) is 62.5 cm³/mol. The first-order chi connectivity index (χ1) is 9.32. The molecule has 0 unspecified atom stereocenters. The highest BCUT2D eigenvalue weighted by atomic mass is 19.4. The van der Waals surface area contributed by atoms with Crippen LogP contribution >= 0.6 is 0 Å². The molecule has 0 radical (unpaired) electrons. The molecule has 1 heterocycles. The van der Waals surface area contributed by atoms with Crippen LogP contribution in [0.25, 0.3) is 11.1 Å². The van der Waals surface area contributed by atoms with E-state index in [0.29, 0.717) is 11.6 Å². The largest absolute Gasteiger partial charge is 0.464 e. The van der Waals surface area contributed by atoms with Crippen LogP contribution in [0.5, 0.6) is 0 Å². The highest BCUT2D eigenvalue weighted by Gasteiger charge is 2.34. The number of carbonyl (C=O) groups is 1. The maximum Gasteiger partial charge on any atom is 0.419 e. The number of aromatic amines is 1. The summed E-state index contributed by atoms with van der Waals surface area (Å²) in [5, 5.41) is 0. The number of halogens is 4. The number of hydrogen-bond acceptors (Lipinski definition) is 2. The fourth-order valence-corrected chi connectivity index (χ4v) is 1.71.